The molecule has 0 aliphatic heterocycles. The van der Waals surface area contributed by atoms with Gasteiger partial charge in [-0.2, -0.15) is 5.26 Å². The average molecular weight is 173 g/mol. The third-order valence-corrected chi connectivity index (χ3v) is 2.14. The molecule has 1 heterocycles. The van der Waals surface area contributed by atoms with Gasteiger partial charge >= 0.3 is 0 Å². The number of aromatic nitrogens is 1. The van der Waals surface area contributed by atoms with Crippen molar-refractivity contribution in [3.05, 3.63) is 16.1 Å². The Morgan fingerprint density at radius 1 is 1.80 bits per heavy atom. The largest absolute Gasteiger partial charge is 0.244 e. The van der Waals surface area contributed by atoms with Crippen molar-refractivity contribution < 1.29 is 0 Å². The van der Waals surface area contributed by atoms with Gasteiger partial charge in [0.2, 0.25) is 0 Å². The van der Waals surface area contributed by atoms with E-state index in [-0.39, 0.29) is 0 Å². The Bertz CT molecular complexity index is 250. The molecule has 0 atom stereocenters. The molecule has 0 saturated heterocycles. The third kappa shape index (κ3) is 1.69. The summed E-state index contributed by atoms with van der Waals surface area (Å²) in [6.45, 7) is 0. The fourth-order valence-electron chi connectivity index (χ4n) is 0.559. The normalized spacial score (nSPS) is 9.20. The SMILES string of the molecule is N#CCc1nc(CCl)cs1. The molecule has 4 heteroatoms. The number of hydrogen-bond donors (Lipinski definition) is 0. The molecule has 0 spiro atoms. The number of nitriles is 1. The van der Waals surface area contributed by atoms with Crippen LogP contribution in [0.1, 0.15) is 10.7 Å². The quantitative estimate of drug-likeness (QED) is 0.640. The summed E-state index contributed by atoms with van der Waals surface area (Å²) in [5.74, 6) is 0.432. The van der Waals surface area contributed by atoms with Crippen LogP contribution in [0.5, 0.6) is 0 Å². The molecule has 0 amide bonds. The minimum absolute atomic E-state index is 0.390. The van der Waals surface area contributed by atoms with Crippen LogP contribution in [0, 0.1) is 11.3 Å². The Morgan fingerprint density at radius 3 is 3.10 bits per heavy atom. The standard InChI is InChI=1S/C6H5ClN2S/c7-3-5-4-10-6(9-5)1-2-8/h4H,1,3H2. The van der Waals surface area contributed by atoms with Crippen molar-refractivity contribution in [2.24, 2.45) is 0 Å². The van der Waals surface area contributed by atoms with Crippen LogP contribution in [-0.4, -0.2) is 4.98 Å². The van der Waals surface area contributed by atoms with Crippen molar-refractivity contribution >= 4 is 22.9 Å². The van der Waals surface area contributed by atoms with E-state index in [2.05, 4.69) is 4.98 Å². The van der Waals surface area contributed by atoms with Crippen LogP contribution in [0.2, 0.25) is 0 Å². The summed E-state index contributed by atoms with van der Waals surface area (Å²) in [7, 11) is 0. The molecule has 0 bridgehead atoms. The smallest absolute Gasteiger partial charge is 0.107 e. The summed E-state index contributed by atoms with van der Waals surface area (Å²) in [6, 6.07) is 2.03. The maximum Gasteiger partial charge on any atom is 0.107 e. The van der Waals surface area contributed by atoms with Gasteiger partial charge in [-0.15, -0.1) is 22.9 Å². The lowest BCUT2D eigenvalue weighted by Gasteiger charge is -1.80. The van der Waals surface area contributed by atoms with Gasteiger partial charge < -0.3 is 0 Å². The lowest BCUT2D eigenvalue weighted by atomic mass is 10.5. The fraction of sp³-hybridized carbons (Fsp3) is 0.333. The van der Waals surface area contributed by atoms with E-state index in [1.165, 1.54) is 11.3 Å². The van der Waals surface area contributed by atoms with Gasteiger partial charge in [-0.1, -0.05) is 0 Å². The summed E-state index contributed by atoms with van der Waals surface area (Å²) in [4.78, 5) is 4.08. The van der Waals surface area contributed by atoms with Crippen molar-refractivity contribution in [1.29, 1.82) is 5.26 Å². The molecule has 1 aromatic heterocycles. The molecule has 52 valence electrons. The van der Waals surface area contributed by atoms with E-state index in [1.54, 1.807) is 0 Å². The number of nitrogens with zero attached hydrogens (tertiary/aromatic N) is 2. The molecule has 0 radical (unpaired) electrons. The predicted molar refractivity (Wildman–Crippen MR) is 41.0 cm³/mol. The topological polar surface area (TPSA) is 36.7 Å². The number of rotatable bonds is 2. The van der Waals surface area contributed by atoms with Crippen LogP contribution in [0.15, 0.2) is 5.38 Å². The van der Waals surface area contributed by atoms with Crippen molar-refractivity contribution in [2.45, 2.75) is 12.3 Å². The van der Waals surface area contributed by atoms with Crippen molar-refractivity contribution in [3.63, 3.8) is 0 Å². The monoisotopic (exact) mass is 172 g/mol. The van der Waals surface area contributed by atoms with Crippen LogP contribution >= 0.6 is 22.9 Å². The Balaban J connectivity index is 2.70. The van der Waals surface area contributed by atoms with Gasteiger partial charge in [0.25, 0.3) is 0 Å². The van der Waals surface area contributed by atoms with Crippen LogP contribution in [0.25, 0.3) is 0 Å². The molecule has 0 N–H and O–H groups in total. The molecule has 0 aliphatic carbocycles. The van der Waals surface area contributed by atoms with Gasteiger partial charge in [0.05, 0.1) is 24.1 Å². The highest BCUT2D eigenvalue weighted by atomic mass is 35.5. The summed E-state index contributed by atoms with van der Waals surface area (Å²) < 4.78 is 0. The van der Waals surface area contributed by atoms with E-state index in [4.69, 9.17) is 16.9 Å². The fourth-order valence-corrected chi connectivity index (χ4v) is 1.51. The molecule has 0 saturated carbocycles. The molecule has 10 heavy (non-hydrogen) atoms. The van der Waals surface area contributed by atoms with E-state index in [9.17, 15) is 0 Å². The maximum atomic E-state index is 8.29. The van der Waals surface area contributed by atoms with E-state index >= 15 is 0 Å². The summed E-state index contributed by atoms with van der Waals surface area (Å²) in [5, 5.41) is 11.0. The van der Waals surface area contributed by atoms with Crippen LogP contribution in [0.4, 0.5) is 0 Å². The second-order valence-corrected chi connectivity index (χ2v) is 2.91. The number of hydrogen-bond acceptors (Lipinski definition) is 3. The first-order chi connectivity index (χ1) is 4.86. The van der Waals surface area contributed by atoms with Crippen molar-refractivity contribution in [1.82, 2.24) is 4.98 Å². The molecule has 0 unspecified atom stereocenters. The van der Waals surface area contributed by atoms with Gasteiger partial charge in [0, 0.05) is 5.38 Å². The summed E-state index contributed by atoms with van der Waals surface area (Å²) >= 11 is 6.98. The lowest BCUT2D eigenvalue weighted by Crippen LogP contribution is -1.80. The van der Waals surface area contributed by atoms with Gasteiger partial charge in [-0.3, -0.25) is 0 Å². The first-order valence-electron chi connectivity index (χ1n) is 2.73. The van der Waals surface area contributed by atoms with Crippen LogP contribution < -0.4 is 0 Å². The second kappa shape index (κ2) is 3.55. The summed E-state index contributed by atoms with van der Waals surface area (Å²) in [5.41, 5.74) is 0.858. The van der Waals surface area contributed by atoms with E-state index < -0.39 is 0 Å². The third-order valence-electron chi connectivity index (χ3n) is 0.967. The van der Waals surface area contributed by atoms with Crippen LogP contribution in [-0.2, 0) is 12.3 Å². The zero-order chi connectivity index (χ0) is 7.40. The Morgan fingerprint density at radius 2 is 2.60 bits per heavy atom. The van der Waals surface area contributed by atoms with E-state index in [0.717, 1.165) is 10.7 Å². The Hall–Kier alpha value is -0.590. The minimum atomic E-state index is 0.390. The van der Waals surface area contributed by atoms with E-state index in [0.29, 0.717) is 12.3 Å². The molecule has 0 fully saturated rings. The average Bonchev–Trinajstić information content (AvgIpc) is 2.37. The Kier molecular flexibility index (Phi) is 2.67. The zero-order valence-corrected chi connectivity index (χ0v) is 6.74. The number of halogens is 1. The maximum absolute atomic E-state index is 8.29. The first-order valence-corrected chi connectivity index (χ1v) is 4.14. The van der Waals surface area contributed by atoms with Gasteiger partial charge in [0.15, 0.2) is 0 Å². The molecule has 0 aromatic carbocycles. The second-order valence-electron chi connectivity index (χ2n) is 1.70. The number of thiazole rings is 1. The molecular formula is C6H5ClN2S. The molecule has 1 aromatic rings. The van der Waals surface area contributed by atoms with Gasteiger partial charge in [-0.25, -0.2) is 4.98 Å². The molecule has 0 aliphatic rings. The highest BCUT2D eigenvalue weighted by Crippen LogP contribution is 2.11. The Labute approximate surface area is 68.1 Å². The first kappa shape index (κ1) is 7.52. The lowest BCUT2D eigenvalue weighted by molar-refractivity contribution is 1.12. The molecular weight excluding hydrogens is 168 g/mol. The zero-order valence-electron chi connectivity index (χ0n) is 5.17. The van der Waals surface area contributed by atoms with E-state index in [1.807, 2.05) is 11.4 Å². The van der Waals surface area contributed by atoms with Gasteiger partial charge in [-0.05, 0) is 0 Å². The summed E-state index contributed by atoms with van der Waals surface area (Å²) in [6.07, 6.45) is 0.390. The highest BCUT2D eigenvalue weighted by molar-refractivity contribution is 7.09. The van der Waals surface area contributed by atoms with Crippen LogP contribution in [0.3, 0.4) is 0 Å². The van der Waals surface area contributed by atoms with Crippen molar-refractivity contribution in [3.8, 4) is 6.07 Å². The molecule has 1 rings (SSSR count). The van der Waals surface area contributed by atoms with Crippen molar-refractivity contribution in [2.75, 3.05) is 0 Å². The van der Waals surface area contributed by atoms with Gasteiger partial charge in [0.1, 0.15) is 5.01 Å². The molecule has 2 nitrogen and oxygen atoms in total. The highest BCUT2D eigenvalue weighted by Gasteiger charge is 1.98. The minimum Gasteiger partial charge on any atom is -0.244 e. The predicted octanol–water partition coefficient (Wildman–Crippen LogP) is 1.95. The number of alkyl halides is 1.